The van der Waals surface area contributed by atoms with Crippen molar-refractivity contribution in [3.63, 3.8) is 0 Å². The quantitative estimate of drug-likeness (QED) is 0.640. The summed E-state index contributed by atoms with van der Waals surface area (Å²) in [5.74, 6) is 1.03. The lowest BCUT2D eigenvalue weighted by atomic mass is 9.92. The first-order chi connectivity index (χ1) is 7.86. The molecule has 1 fully saturated rings. The van der Waals surface area contributed by atoms with Crippen molar-refractivity contribution in [3.8, 4) is 0 Å². The highest BCUT2D eigenvalue weighted by Crippen LogP contribution is 2.21. The molecule has 2 heteroatoms. The lowest BCUT2D eigenvalue weighted by molar-refractivity contribution is 0.176. The average molecular weight is 226 g/mol. The maximum Gasteiger partial charge on any atom is -0.00161 e. The second-order valence-electron chi connectivity index (χ2n) is 5.13. The molecule has 2 nitrogen and oxygen atoms in total. The van der Waals surface area contributed by atoms with Gasteiger partial charge in [-0.25, -0.2) is 0 Å². The van der Waals surface area contributed by atoms with E-state index in [-0.39, 0.29) is 0 Å². The molecule has 0 aromatic carbocycles. The summed E-state index contributed by atoms with van der Waals surface area (Å²) in [6.07, 6.45) is 8.41. The van der Waals surface area contributed by atoms with Crippen LogP contribution in [0.15, 0.2) is 0 Å². The Hall–Kier alpha value is -0.0800. The van der Waals surface area contributed by atoms with Crippen molar-refractivity contribution in [2.24, 2.45) is 5.92 Å². The lowest BCUT2D eigenvalue weighted by Crippen LogP contribution is -2.34. The van der Waals surface area contributed by atoms with Crippen LogP contribution in [0.2, 0.25) is 0 Å². The van der Waals surface area contributed by atoms with E-state index in [9.17, 15) is 0 Å². The largest absolute Gasteiger partial charge is 0.317 e. The fourth-order valence-corrected chi connectivity index (χ4v) is 2.67. The molecule has 1 N–H and O–H groups in total. The molecule has 1 aliphatic rings. The minimum atomic E-state index is 1.03. The first-order valence-corrected chi connectivity index (χ1v) is 7.29. The molecule has 0 bridgehead atoms. The minimum Gasteiger partial charge on any atom is -0.317 e. The molecule has 1 aliphatic heterocycles. The summed E-state index contributed by atoms with van der Waals surface area (Å²) in [7, 11) is 0. The van der Waals surface area contributed by atoms with Gasteiger partial charge in [-0.2, -0.15) is 0 Å². The fraction of sp³-hybridized carbons (Fsp3) is 1.00. The van der Waals surface area contributed by atoms with Crippen LogP contribution in [-0.4, -0.2) is 37.6 Å². The molecule has 0 atom stereocenters. The Morgan fingerprint density at radius 1 is 1.12 bits per heavy atom. The molecular formula is C14H30N2. The van der Waals surface area contributed by atoms with Crippen molar-refractivity contribution >= 4 is 0 Å². The Balaban J connectivity index is 1.95. The van der Waals surface area contributed by atoms with Gasteiger partial charge in [0.05, 0.1) is 0 Å². The zero-order valence-electron chi connectivity index (χ0n) is 11.3. The number of unbranched alkanes of at least 4 members (excludes halogenated alkanes) is 1. The molecular weight excluding hydrogens is 196 g/mol. The van der Waals surface area contributed by atoms with E-state index in [0.29, 0.717) is 0 Å². The summed E-state index contributed by atoms with van der Waals surface area (Å²) in [4.78, 5) is 2.66. The Kier molecular flexibility index (Phi) is 7.87. The van der Waals surface area contributed by atoms with Gasteiger partial charge < -0.3 is 10.2 Å². The molecule has 0 aromatic heterocycles. The fourth-order valence-electron chi connectivity index (χ4n) is 2.67. The highest BCUT2D eigenvalue weighted by Gasteiger charge is 2.17. The van der Waals surface area contributed by atoms with E-state index in [1.807, 2.05) is 0 Å². The third kappa shape index (κ3) is 5.86. The Labute approximate surface area is 102 Å². The molecule has 0 radical (unpaired) electrons. The predicted octanol–water partition coefficient (Wildman–Crippen LogP) is 2.89. The van der Waals surface area contributed by atoms with Crippen LogP contribution in [0.25, 0.3) is 0 Å². The number of hydrogen-bond donors (Lipinski definition) is 1. The summed E-state index contributed by atoms with van der Waals surface area (Å²) < 4.78 is 0. The van der Waals surface area contributed by atoms with E-state index in [2.05, 4.69) is 24.1 Å². The SMILES string of the molecule is CCCC1CCN(CCCCNCC)CC1. The summed E-state index contributed by atoms with van der Waals surface area (Å²) in [5, 5.41) is 3.39. The van der Waals surface area contributed by atoms with E-state index in [1.165, 1.54) is 64.7 Å². The molecule has 16 heavy (non-hydrogen) atoms. The molecule has 0 spiro atoms. The first-order valence-electron chi connectivity index (χ1n) is 7.29. The van der Waals surface area contributed by atoms with Gasteiger partial charge in [-0.1, -0.05) is 26.7 Å². The van der Waals surface area contributed by atoms with Gasteiger partial charge in [0.2, 0.25) is 0 Å². The van der Waals surface area contributed by atoms with E-state index in [4.69, 9.17) is 0 Å². The molecule has 0 aromatic rings. The van der Waals surface area contributed by atoms with Crippen LogP contribution in [0, 0.1) is 5.92 Å². The molecule has 0 amide bonds. The summed E-state index contributed by atoms with van der Waals surface area (Å²) in [6, 6.07) is 0. The number of likely N-dealkylation sites (tertiary alicyclic amines) is 1. The molecule has 1 rings (SSSR count). The van der Waals surface area contributed by atoms with Gasteiger partial charge in [0.25, 0.3) is 0 Å². The summed E-state index contributed by atoms with van der Waals surface area (Å²) >= 11 is 0. The van der Waals surface area contributed by atoms with Crippen molar-refractivity contribution in [1.29, 1.82) is 0 Å². The van der Waals surface area contributed by atoms with Crippen LogP contribution in [0.3, 0.4) is 0 Å². The number of rotatable bonds is 8. The zero-order chi connectivity index (χ0) is 11.6. The average Bonchev–Trinajstić information content (AvgIpc) is 2.31. The van der Waals surface area contributed by atoms with Crippen LogP contribution in [0.5, 0.6) is 0 Å². The van der Waals surface area contributed by atoms with Crippen LogP contribution >= 0.6 is 0 Å². The Bertz CT molecular complexity index is 151. The molecule has 1 saturated heterocycles. The van der Waals surface area contributed by atoms with Gasteiger partial charge in [0, 0.05) is 0 Å². The molecule has 0 saturated carbocycles. The zero-order valence-corrected chi connectivity index (χ0v) is 11.3. The highest BCUT2D eigenvalue weighted by atomic mass is 15.1. The molecule has 96 valence electrons. The predicted molar refractivity (Wildman–Crippen MR) is 71.8 cm³/mol. The Morgan fingerprint density at radius 3 is 2.50 bits per heavy atom. The molecule has 1 heterocycles. The lowest BCUT2D eigenvalue weighted by Gasteiger charge is -2.31. The number of hydrogen-bond acceptors (Lipinski definition) is 2. The summed E-state index contributed by atoms with van der Waals surface area (Å²) in [6.45, 7) is 10.8. The maximum absolute atomic E-state index is 3.39. The van der Waals surface area contributed by atoms with Crippen LogP contribution < -0.4 is 5.32 Å². The Morgan fingerprint density at radius 2 is 1.88 bits per heavy atom. The summed E-state index contributed by atoms with van der Waals surface area (Å²) in [5.41, 5.74) is 0. The monoisotopic (exact) mass is 226 g/mol. The number of nitrogens with one attached hydrogen (secondary N) is 1. The van der Waals surface area contributed by atoms with Crippen LogP contribution in [-0.2, 0) is 0 Å². The van der Waals surface area contributed by atoms with Gasteiger partial charge >= 0.3 is 0 Å². The third-order valence-corrected chi connectivity index (χ3v) is 3.73. The smallest absolute Gasteiger partial charge is 0.00161 e. The number of piperidine rings is 1. The second-order valence-corrected chi connectivity index (χ2v) is 5.13. The van der Waals surface area contributed by atoms with Crippen molar-refractivity contribution in [2.75, 3.05) is 32.7 Å². The second kappa shape index (κ2) is 9.00. The van der Waals surface area contributed by atoms with E-state index in [0.717, 1.165) is 12.5 Å². The van der Waals surface area contributed by atoms with Gasteiger partial charge in [-0.3, -0.25) is 0 Å². The van der Waals surface area contributed by atoms with Crippen LogP contribution in [0.4, 0.5) is 0 Å². The topological polar surface area (TPSA) is 15.3 Å². The van der Waals surface area contributed by atoms with Gasteiger partial charge in [-0.05, 0) is 64.3 Å². The van der Waals surface area contributed by atoms with Gasteiger partial charge in [-0.15, -0.1) is 0 Å². The van der Waals surface area contributed by atoms with Gasteiger partial charge in [0.15, 0.2) is 0 Å². The first kappa shape index (κ1) is 14.0. The van der Waals surface area contributed by atoms with Crippen molar-refractivity contribution in [3.05, 3.63) is 0 Å². The molecule has 0 aliphatic carbocycles. The van der Waals surface area contributed by atoms with E-state index >= 15 is 0 Å². The normalized spacial score (nSPS) is 19.1. The number of nitrogens with zero attached hydrogens (tertiary/aromatic N) is 1. The third-order valence-electron chi connectivity index (χ3n) is 3.73. The highest BCUT2D eigenvalue weighted by molar-refractivity contribution is 4.71. The van der Waals surface area contributed by atoms with E-state index < -0.39 is 0 Å². The maximum atomic E-state index is 3.39. The minimum absolute atomic E-state index is 1.03. The van der Waals surface area contributed by atoms with Crippen molar-refractivity contribution < 1.29 is 0 Å². The van der Waals surface area contributed by atoms with Gasteiger partial charge in [0.1, 0.15) is 0 Å². The van der Waals surface area contributed by atoms with Crippen molar-refractivity contribution in [2.45, 2.75) is 52.4 Å². The standard InChI is InChI=1S/C14H30N2/c1-3-7-14-8-12-16(13-9-14)11-6-5-10-15-4-2/h14-15H,3-13H2,1-2H3. The van der Waals surface area contributed by atoms with Crippen molar-refractivity contribution in [1.82, 2.24) is 10.2 Å². The van der Waals surface area contributed by atoms with E-state index in [1.54, 1.807) is 0 Å². The van der Waals surface area contributed by atoms with Crippen LogP contribution in [0.1, 0.15) is 52.4 Å². The molecule has 0 unspecified atom stereocenters.